The minimum absolute atomic E-state index is 0.0202. The predicted molar refractivity (Wildman–Crippen MR) is 82.3 cm³/mol. The van der Waals surface area contributed by atoms with E-state index in [1.165, 1.54) is 6.07 Å². The average molecular weight is 337 g/mol. The molecule has 4 nitrogen and oxygen atoms in total. The number of nitrogens with zero attached hydrogens (tertiary/aromatic N) is 3. The Bertz CT molecular complexity index is 677. The summed E-state index contributed by atoms with van der Waals surface area (Å²) in [5, 5.41) is 9.22. The van der Waals surface area contributed by atoms with Crippen LogP contribution in [0.1, 0.15) is 30.4 Å². The van der Waals surface area contributed by atoms with Gasteiger partial charge in [0.15, 0.2) is 0 Å². The van der Waals surface area contributed by atoms with Crippen LogP contribution in [0, 0.1) is 17.2 Å². The molecule has 128 valence electrons. The van der Waals surface area contributed by atoms with E-state index in [-0.39, 0.29) is 17.4 Å². The quantitative estimate of drug-likeness (QED) is 0.833. The molecular weight excluding hydrogens is 319 g/mol. The average Bonchev–Trinajstić information content (AvgIpc) is 3.39. The molecule has 2 aliphatic rings. The van der Waals surface area contributed by atoms with E-state index in [0.29, 0.717) is 31.9 Å². The minimum Gasteiger partial charge on any atom is -0.369 e. The van der Waals surface area contributed by atoms with Gasteiger partial charge in [0.05, 0.1) is 16.8 Å². The van der Waals surface area contributed by atoms with Gasteiger partial charge >= 0.3 is 6.18 Å². The number of amides is 1. The van der Waals surface area contributed by atoms with Gasteiger partial charge in [-0.15, -0.1) is 0 Å². The summed E-state index contributed by atoms with van der Waals surface area (Å²) < 4.78 is 38.4. The molecule has 0 radical (unpaired) electrons. The van der Waals surface area contributed by atoms with Crippen molar-refractivity contribution in [1.29, 1.82) is 5.26 Å². The van der Waals surface area contributed by atoms with Crippen molar-refractivity contribution in [2.24, 2.45) is 5.92 Å². The lowest BCUT2D eigenvalue weighted by Gasteiger charge is -2.25. The summed E-state index contributed by atoms with van der Waals surface area (Å²) in [6, 6.07) is 5.13. The smallest absolute Gasteiger partial charge is 0.369 e. The van der Waals surface area contributed by atoms with E-state index >= 15 is 0 Å². The molecule has 3 rings (SSSR count). The van der Waals surface area contributed by atoms with Crippen LogP contribution in [0.2, 0.25) is 0 Å². The van der Waals surface area contributed by atoms with E-state index in [0.717, 1.165) is 31.4 Å². The van der Waals surface area contributed by atoms with Crippen LogP contribution in [-0.4, -0.2) is 37.0 Å². The molecule has 0 unspecified atom stereocenters. The Morgan fingerprint density at radius 3 is 2.54 bits per heavy atom. The van der Waals surface area contributed by atoms with Gasteiger partial charge in [0, 0.05) is 32.1 Å². The van der Waals surface area contributed by atoms with Crippen molar-refractivity contribution in [3.63, 3.8) is 0 Å². The number of anilines is 1. The molecule has 0 N–H and O–H groups in total. The van der Waals surface area contributed by atoms with Crippen LogP contribution < -0.4 is 4.90 Å². The zero-order valence-electron chi connectivity index (χ0n) is 13.1. The summed E-state index contributed by atoms with van der Waals surface area (Å²) in [5.41, 5.74) is -0.291. The Labute approximate surface area is 138 Å². The number of hydrogen-bond donors (Lipinski definition) is 0. The van der Waals surface area contributed by atoms with Crippen LogP contribution >= 0.6 is 0 Å². The third kappa shape index (κ3) is 3.48. The second-order valence-electron chi connectivity index (χ2n) is 6.28. The highest BCUT2D eigenvalue weighted by atomic mass is 19.4. The van der Waals surface area contributed by atoms with Gasteiger partial charge in [-0.25, -0.2) is 0 Å². The monoisotopic (exact) mass is 337 g/mol. The van der Waals surface area contributed by atoms with E-state index in [1.807, 2.05) is 15.9 Å². The van der Waals surface area contributed by atoms with E-state index in [1.54, 1.807) is 0 Å². The fourth-order valence-corrected chi connectivity index (χ4v) is 3.04. The van der Waals surface area contributed by atoms with Crippen molar-refractivity contribution >= 4 is 11.6 Å². The Morgan fingerprint density at radius 1 is 1.17 bits per heavy atom. The van der Waals surface area contributed by atoms with Crippen molar-refractivity contribution in [3.8, 4) is 6.07 Å². The molecule has 0 spiro atoms. The molecule has 1 aliphatic heterocycles. The van der Waals surface area contributed by atoms with Crippen LogP contribution in [0.3, 0.4) is 0 Å². The third-order valence-electron chi connectivity index (χ3n) is 4.52. The lowest BCUT2D eigenvalue weighted by Crippen LogP contribution is -2.36. The van der Waals surface area contributed by atoms with Crippen LogP contribution in [0.5, 0.6) is 0 Å². The molecule has 1 amide bonds. The SMILES string of the molecule is N#Cc1cc(C(F)(F)F)ccc1N1CCCN(C(=O)C2CC2)CC1. The molecule has 0 atom stereocenters. The fraction of sp³-hybridized carbons (Fsp3) is 0.529. The zero-order chi connectivity index (χ0) is 17.3. The number of benzene rings is 1. The minimum atomic E-state index is -4.46. The van der Waals surface area contributed by atoms with Crippen LogP contribution in [0.15, 0.2) is 18.2 Å². The van der Waals surface area contributed by atoms with Crippen LogP contribution in [-0.2, 0) is 11.0 Å². The maximum Gasteiger partial charge on any atom is 0.416 e. The third-order valence-corrected chi connectivity index (χ3v) is 4.52. The van der Waals surface area contributed by atoms with E-state index < -0.39 is 11.7 Å². The second-order valence-corrected chi connectivity index (χ2v) is 6.28. The van der Waals surface area contributed by atoms with Crippen molar-refractivity contribution in [1.82, 2.24) is 4.90 Å². The fourth-order valence-electron chi connectivity index (χ4n) is 3.04. The molecule has 7 heteroatoms. The first-order valence-electron chi connectivity index (χ1n) is 8.05. The van der Waals surface area contributed by atoms with Gasteiger partial charge in [-0.05, 0) is 37.5 Å². The number of alkyl halides is 3. The number of carbonyl (C=O) groups excluding carboxylic acids is 1. The highest BCUT2D eigenvalue weighted by molar-refractivity contribution is 5.81. The summed E-state index contributed by atoms with van der Waals surface area (Å²) in [6.45, 7) is 2.35. The number of rotatable bonds is 2. The largest absolute Gasteiger partial charge is 0.416 e. The van der Waals surface area contributed by atoms with Gasteiger partial charge in [-0.3, -0.25) is 4.79 Å². The molecule has 24 heavy (non-hydrogen) atoms. The lowest BCUT2D eigenvalue weighted by molar-refractivity contribution is -0.137. The van der Waals surface area contributed by atoms with Crippen molar-refractivity contribution in [2.45, 2.75) is 25.4 Å². The van der Waals surface area contributed by atoms with E-state index in [9.17, 15) is 23.2 Å². The van der Waals surface area contributed by atoms with Crippen LogP contribution in [0.4, 0.5) is 18.9 Å². The molecule has 0 bridgehead atoms. The Hall–Kier alpha value is -2.23. The molecular formula is C17H18F3N3O. The summed E-state index contributed by atoms with van der Waals surface area (Å²) in [6.07, 6.45) is -1.81. The highest BCUT2D eigenvalue weighted by Crippen LogP contribution is 2.34. The number of carbonyl (C=O) groups is 1. The first-order chi connectivity index (χ1) is 11.4. The maximum atomic E-state index is 12.8. The summed E-state index contributed by atoms with van der Waals surface area (Å²) in [5.74, 6) is 0.349. The molecule has 1 aromatic carbocycles. The van der Waals surface area contributed by atoms with Gasteiger partial charge in [0.2, 0.25) is 5.91 Å². The Kier molecular flexibility index (Phi) is 4.39. The number of halogens is 3. The molecule has 1 saturated carbocycles. The predicted octanol–water partition coefficient (Wildman–Crippen LogP) is 3.03. The summed E-state index contributed by atoms with van der Waals surface area (Å²) >= 11 is 0. The van der Waals surface area contributed by atoms with E-state index in [4.69, 9.17) is 0 Å². The first kappa shape index (κ1) is 16.6. The van der Waals surface area contributed by atoms with Gasteiger partial charge in [0.25, 0.3) is 0 Å². The topological polar surface area (TPSA) is 47.3 Å². The molecule has 1 saturated heterocycles. The number of nitriles is 1. The van der Waals surface area contributed by atoms with E-state index in [2.05, 4.69) is 0 Å². The van der Waals surface area contributed by atoms with Gasteiger partial charge in [-0.2, -0.15) is 18.4 Å². The lowest BCUT2D eigenvalue weighted by atomic mass is 10.1. The summed E-state index contributed by atoms with van der Waals surface area (Å²) in [4.78, 5) is 15.9. The summed E-state index contributed by atoms with van der Waals surface area (Å²) in [7, 11) is 0. The highest BCUT2D eigenvalue weighted by Gasteiger charge is 2.34. The van der Waals surface area contributed by atoms with Crippen molar-refractivity contribution < 1.29 is 18.0 Å². The van der Waals surface area contributed by atoms with Gasteiger partial charge in [0.1, 0.15) is 6.07 Å². The van der Waals surface area contributed by atoms with Crippen molar-refractivity contribution in [2.75, 3.05) is 31.1 Å². The second kappa shape index (κ2) is 6.34. The molecule has 1 aliphatic carbocycles. The van der Waals surface area contributed by atoms with Crippen molar-refractivity contribution in [3.05, 3.63) is 29.3 Å². The standard InChI is InChI=1S/C17H18F3N3O/c18-17(19,20)14-4-5-15(13(10-14)11-21)22-6-1-7-23(9-8-22)16(24)12-2-3-12/h4-5,10,12H,1-3,6-9H2. The van der Waals surface area contributed by atoms with Gasteiger partial charge < -0.3 is 9.80 Å². The van der Waals surface area contributed by atoms with Crippen LogP contribution in [0.25, 0.3) is 0 Å². The Morgan fingerprint density at radius 2 is 1.92 bits per heavy atom. The zero-order valence-corrected chi connectivity index (χ0v) is 13.1. The molecule has 0 aromatic heterocycles. The normalized spacial score (nSPS) is 18.9. The Balaban J connectivity index is 1.76. The molecule has 1 aromatic rings. The maximum absolute atomic E-state index is 12.8. The van der Waals surface area contributed by atoms with Gasteiger partial charge in [-0.1, -0.05) is 0 Å². The number of hydrogen-bond acceptors (Lipinski definition) is 3. The molecule has 2 fully saturated rings. The first-order valence-corrected chi connectivity index (χ1v) is 8.05. The molecule has 1 heterocycles.